The molecule has 0 aliphatic carbocycles. The Morgan fingerprint density at radius 1 is 1.69 bits per heavy atom. The Balaban J connectivity index is 2.58. The molecule has 0 saturated carbocycles. The van der Waals surface area contributed by atoms with Crippen LogP contribution in [-0.4, -0.2) is 62.9 Å². The predicted octanol–water partition coefficient (Wildman–Crippen LogP) is -0.142. The molecule has 2 atom stereocenters. The third kappa shape index (κ3) is 3.17. The number of carbonyl (C=O) groups is 1. The zero-order valence-corrected chi connectivity index (χ0v) is 10.6. The molecule has 1 aliphatic heterocycles. The van der Waals surface area contributed by atoms with Gasteiger partial charge in [0.1, 0.15) is 5.54 Å². The molecule has 1 N–H and O–H groups in total. The summed E-state index contributed by atoms with van der Waals surface area (Å²) in [7, 11) is 3.20. The minimum absolute atomic E-state index is 0.228. The molecule has 0 radical (unpaired) electrons. The third-order valence-electron chi connectivity index (χ3n) is 3.05. The van der Waals surface area contributed by atoms with E-state index in [1.165, 1.54) is 7.11 Å². The highest BCUT2D eigenvalue weighted by atomic mass is 16.5. The first-order valence-corrected chi connectivity index (χ1v) is 5.63. The first-order chi connectivity index (χ1) is 7.51. The van der Waals surface area contributed by atoms with Gasteiger partial charge in [-0.25, -0.2) is 0 Å². The molecule has 1 saturated heterocycles. The van der Waals surface area contributed by atoms with Crippen LogP contribution in [0, 0.1) is 0 Å². The number of esters is 1. The second kappa shape index (κ2) is 5.61. The number of nitrogens with one attached hydrogen (secondary N) is 1. The van der Waals surface area contributed by atoms with Crippen molar-refractivity contribution >= 4 is 5.97 Å². The van der Waals surface area contributed by atoms with Crippen molar-refractivity contribution in [3.8, 4) is 0 Å². The molecular formula is C11H22N2O3. The Morgan fingerprint density at radius 2 is 2.38 bits per heavy atom. The van der Waals surface area contributed by atoms with Crippen molar-refractivity contribution in [2.75, 3.05) is 40.4 Å². The molecule has 1 heterocycles. The number of morpholine rings is 1. The van der Waals surface area contributed by atoms with Gasteiger partial charge in [0.15, 0.2) is 0 Å². The standard InChI is InChI=1S/C11H22N2O3/c1-9-7-13(5-6-16-9)8-11(2,12-3)10(14)15-4/h9,12H,5-8H2,1-4H3. The van der Waals surface area contributed by atoms with Crippen LogP contribution in [0.1, 0.15) is 13.8 Å². The Morgan fingerprint density at radius 3 is 2.88 bits per heavy atom. The van der Waals surface area contributed by atoms with Gasteiger partial charge in [-0.2, -0.15) is 0 Å². The molecule has 0 aromatic rings. The van der Waals surface area contributed by atoms with Crippen LogP contribution in [0.4, 0.5) is 0 Å². The summed E-state index contributed by atoms with van der Waals surface area (Å²) in [4.78, 5) is 13.9. The second-order valence-corrected chi connectivity index (χ2v) is 4.49. The van der Waals surface area contributed by atoms with Crippen LogP contribution in [0.25, 0.3) is 0 Å². The van der Waals surface area contributed by atoms with Crippen LogP contribution < -0.4 is 5.32 Å². The van der Waals surface area contributed by atoms with Crippen molar-refractivity contribution in [1.29, 1.82) is 0 Å². The average Bonchev–Trinajstić information content (AvgIpc) is 2.27. The largest absolute Gasteiger partial charge is 0.468 e. The fourth-order valence-electron chi connectivity index (χ4n) is 1.95. The van der Waals surface area contributed by atoms with E-state index in [4.69, 9.17) is 9.47 Å². The summed E-state index contributed by atoms with van der Waals surface area (Å²) in [6, 6.07) is 0. The molecule has 0 aromatic carbocycles. The van der Waals surface area contributed by atoms with Crippen LogP contribution >= 0.6 is 0 Å². The SMILES string of the molecule is CNC(C)(CN1CCOC(C)C1)C(=O)OC. The van der Waals surface area contributed by atoms with Gasteiger partial charge in [-0.1, -0.05) is 0 Å². The van der Waals surface area contributed by atoms with Crippen molar-refractivity contribution in [2.24, 2.45) is 0 Å². The number of methoxy groups -OCH3 is 1. The molecule has 2 unspecified atom stereocenters. The van der Waals surface area contributed by atoms with E-state index in [1.807, 2.05) is 13.8 Å². The van der Waals surface area contributed by atoms with Crippen molar-refractivity contribution in [3.63, 3.8) is 0 Å². The van der Waals surface area contributed by atoms with E-state index in [0.29, 0.717) is 6.54 Å². The lowest BCUT2D eigenvalue weighted by atomic mass is 10.0. The Hall–Kier alpha value is -0.650. The van der Waals surface area contributed by atoms with Gasteiger partial charge in [-0.05, 0) is 20.9 Å². The number of likely N-dealkylation sites (N-methyl/N-ethyl adjacent to an activating group) is 1. The fraction of sp³-hybridized carbons (Fsp3) is 0.909. The van der Waals surface area contributed by atoms with E-state index in [9.17, 15) is 4.79 Å². The second-order valence-electron chi connectivity index (χ2n) is 4.49. The summed E-state index contributed by atoms with van der Waals surface area (Å²) >= 11 is 0. The summed E-state index contributed by atoms with van der Waals surface area (Å²) in [6.07, 6.45) is 0.229. The lowest BCUT2D eigenvalue weighted by Crippen LogP contribution is -2.58. The van der Waals surface area contributed by atoms with Gasteiger partial charge >= 0.3 is 5.97 Å². The summed E-state index contributed by atoms with van der Waals surface area (Å²) in [5.74, 6) is -0.228. The number of hydrogen-bond acceptors (Lipinski definition) is 5. The van der Waals surface area contributed by atoms with Crippen LogP contribution in [-0.2, 0) is 14.3 Å². The zero-order chi connectivity index (χ0) is 12.2. The van der Waals surface area contributed by atoms with Crippen molar-refractivity contribution < 1.29 is 14.3 Å². The maximum Gasteiger partial charge on any atom is 0.327 e. The van der Waals surface area contributed by atoms with Crippen LogP contribution in [0.3, 0.4) is 0 Å². The zero-order valence-electron chi connectivity index (χ0n) is 10.6. The molecule has 5 nitrogen and oxygen atoms in total. The fourth-order valence-corrected chi connectivity index (χ4v) is 1.95. The summed E-state index contributed by atoms with van der Waals surface area (Å²) in [6.45, 7) is 6.98. The number of hydrogen-bond donors (Lipinski definition) is 1. The van der Waals surface area contributed by atoms with E-state index in [1.54, 1.807) is 7.05 Å². The van der Waals surface area contributed by atoms with Gasteiger partial charge in [0, 0.05) is 19.6 Å². The normalized spacial score (nSPS) is 26.1. The van der Waals surface area contributed by atoms with E-state index in [2.05, 4.69) is 10.2 Å². The summed E-state index contributed by atoms with van der Waals surface area (Å²) in [5.41, 5.74) is -0.647. The quantitative estimate of drug-likeness (QED) is 0.681. The lowest BCUT2D eigenvalue weighted by Gasteiger charge is -2.37. The van der Waals surface area contributed by atoms with Gasteiger partial charge in [-0.15, -0.1) is 0 Å². The minimum Gasteiger partial charge on any atom is -0.468 e. The molecule has 94 valence electrons. The van der Waals surface area contributed by atoms with E-state index < -0.39 is 5.54 Å². The summed E-state index contributed by atoms with van der Waals surface area (Å²) in [5, 5.41) is 3.03. The maximum absolute atomic E-state index is 11.7. The van der Waals surface area contributed by atoms with Crippen LogP contribution in [0.5, 0.6) is 0 Å². The van der Waals surface area contributed by atoms with E-state index in [0.717, 1.165) is 19.7 Å². The molecule has 0 spiro atoms. The van der Waals surface area contributed by atoms with Gasteiger partial charge in [0.05, 0.1) is 19.8 Å². The van der Waals surface area contributed by atoms with Crippen LogP contribution in [0.2, 0.25) is 0 Å². The van der Waals surface area contributed by atoms with Gasteiger partial charge in [-0.3, -0.25) is 9.69 Å². The first kappa shape index (κ1) is 13.4. The molecule has 1 aliphatic rings. The minimum atomic E-state index is -0.647. The number of carbonyl (C=O) groups excluding carboxylic acids is 1. The van der Waals surface area contributed by atoms with Crippen molar-refractivity contribution in [3.05, 3.63) is 0 Å². The monoisotopic (exact) mass is 230 g/mol. The van der Waals surface area contributed by atoms with Gasteiger partial charge < -0.3 is 14.8 Å². The highest BCUT2D eigenvalue weighted by Gasteiger charge is 2.35. The highest BCUT2D eigenvalue weighted by Crippen LogP contribution is 2.12. The molecule has 16 heavy (non-hydrogen) atoms. The Labute approximate surface area is 97.1 Å². The third-order valence-corrected chi connectivity index (χ3v) is 3.05. The summed E-state index contributed by atoms with van der Waals surface area (Å²) < 4.78 is 10.3. The molecule has 1 fully saturated rings. The topological polar surface area (TPSA) is 50.8 Å². The Bertz CT molecular complexity index is 247. The maximum atomic E-state index is 11.7. The van der Waals surface area contributed by atoms with Crippen molar-refractivity contribution in [2.45, 2.75) is 25.5 Å². The molecule has 5 heteroatoms. The molecular weight excluding hydrogens is 208 g/mol. The number of rotatable bonds is 4. The smallest absolute Gasteiger partial charge is 0.327 e. The van der Waals surface area contributed by atoms with E-state index in [-0.39, 0.29) is 12.1 Å². The predicted molar refractivity (Wildman–Crippen MR) is 61.3 cm³/mol. The average molecular weight is 230 g/mol. The van der Waals surface area contributed by atoms with Crippen molar-refractivity contribution in [1.82, 2.24) is 10.2 Å². The highest BCUT2D eigenvalue weighted by molar-refractivity contribution is 5.80. The lowest BCUT2D eigenvalue weighted by molar-refractivity contribution is -0.149. The number of ether oxygens (including phenoxy) is 2. The molecule has 0 bridgehead atoms. The van der Waals surface area contributed by atoms with E-state index >= 15 is 0 Å². The van der Waals surface area contributed by atoms with Crippen LogP contribution in [0.15, 0.2) is 0 Å². The first-order valence-electron chi connectivity index (χ1n) is 5.63. The molecule has 0 amide bonds. The Kier molecular flexibility index (Phi) is 4.70. The molecule has 0 aromatic heterocycles. The number of nitrogens with zero attached hydrogens (tertiary/aromatic N) is 1. The molecule has 1 rings (SSSR count). The van der Waals surface area contributed by atoms with Gasteiger partial charge in [0.25, 0.3) is 0 Å². The van der Waals surface area contributed by atoms with Gasteiger partial charge in [0.2, 0.25) is 0 Å².